The Kier molecular flexibility index (Phi) is 3.37. The van der Waals surface area contributed by atoms with E-state index in [1.807, 2.05) is 0 Å². The highest BCUT2D eigenvalue weighted by atomic mass is 16.5. The zero-order valence-electron chi connectivity index (χ0n) is 11.7. The molecular weight excluding hydrogens is 212 g/mol. The van der Waals surface area contributed by atoms with Crippen molar-refractivity contribution in [3.63, 3.8) is 0 Å². The average Bonchev–Trinajstić information content (AvgIpc) is 2.34. The van der Waals surface area contributed by atoms with Crippen LogP contribution in [0.25, 0.3) is 0 Å². The third-order valence-corrected chi connectivity index (χ3v) is 5.23. The molecule has 2 nitrogen and oxygen atoms in total. The molecule has 0 amide bonds. The maximum absolute atomic E-state index is 12.1. The molecule has 2 aliphatic rings. The van der Waals surface area contributed by atoms with Gasteiger partial charge in [-0.15, -0.1) is 0 Å². The standard InChI is InChI=1S/C15H26O2/c1-5-11-7-9-15(6-2)10-8-12(16)14(3,4)13(15)17-11/h11,13H,5-10H2,1-4H3/t11-,13-,15?/m0/s1. The Labute approximate surface area is 105 Å². The number of rotatable bonds is 2. The monoisotopic (exact) mass is 238 g/mol. The van der Waals surface area contributed by atoms with Crippen LogP contribution in [0.15, 0.2) is 0 Å². The molecule has 1 unspecified atom stereocenters. The summed E-state index contributed by atoms with van der Waals surface area (Å²) in [7, 11) is 0. The van der Waals surface area contributed by atoms with Crippen molar-refractivity contribution in [1.82, 2.24) is 0 Å². The second-order valence-electron chi connectivity index (χ2n) is 6.45. The molecule has 1 aliphatic carbocycles. The van der Waals surface area contributed by atoms with E-state index in [9.17, 15) is 4.79 Å². The fraction of sp³-hybridized carbons (Fsp3) is 0.933. The van der Waals surface area contributed by atoms with Gasteiger partial charge in [0, 0.05) is 6.42 Å². The van der Waals surface area contributed by atoms with Crippen LogP contribution in [0.5, 0.6) is 0 Å². The molecule has 2 rings (SSSR count). The molecular formula is C15H26O2. The first-order valence-electron chi connectivity index (χ1n) is 7.15. The van der Waals surface area contributed by atoms with Crippen LogP contribution in [0.4, 0.5) is 0 Å². The van der Waals surface area contributed by atoms with E-state index in [1.54, 1.807) is 0 Å². The highest BCUT2D eigenvalue weighted by Gasteiger charge is 2.55. The van der Waals surface area contributed by atoms with E-state index in [1.165, 1.54) is 12.8 Å². The number of hydrogen-bond acceptors (Lipinski definition) is 2. The highest BCUT2D eigenvalue weighted by molar-refractivity contribution is 5.85. The summed E-state index contributed by atoms with van der Waals surface area (Å²) in [5, 5.41) is 0. The summed E-state index contributed by atoms with van der Waals surface area (Å²) in [6.45, 7) is 8.61. The Hall–Kier alpha value is -0.370. The quantitative estimate of drug-likeness (QED) is 0.732. The molecule has 1 aliphatic heterocycles. The van der Waals surface area contributed by atoms with Gasteiger partial charge in [-0.05, 0) is 37.5 Å². The highest BCUT2D eigenvalue weighted by Crippen LogP contribution is 2.54. The van der Waals surface area contributed by atoms with Gasteiger partial charge in [0.2, 0.25) is 0 Å². The second-order valence-corrected chi connectivity index (χ2v) is 6.45. The third kappa shape index (κ3) is 1.95. The van der Waals surface area contributed by atoms with E-state index in [0.717, 1.165) is 25.7 Å². The minimum absolute atomic E-state index is 0.139. The molecule has 1 heterocycles. The van der Waals surface area contributed by atoms with E-state index in [4.69, 9.17) is 4.74 Å². The van der Waals surface area contributed by atoms with Gasteiger partial charge in [0.15, 0.2) is 0 Å². The molecule has 0 radical (unpaired) electrons. The van der Waals surface area contributed by atoms with Crippen LogP contribution in [0.2, 0.25) is 0 Å². The van der Waals surface area contributed by atoms with Gasteiger partial charge in [-0.1, -0.05) is 27.7 Å². The molecule has 1 saturated heterocycles. The Bertz CT molecular complexity index is 308. The summed E-state index contributed by atoms with van der Waals surface area (Å²) in [4.78, 5) is 12.1. The normalized spacial score (nSPS) is 41.1. The first-order valence-corrected chi connectivity index (χ1v) is 7.15. The lowest BCUT2D eigenvalue weighted by molar-refractivity contribution is -0.198. The number of carbonyl (C=O) groups is 1. The number of Topliss-reactive ketones (excluding diaryl/α,β-unsaturated/α-hetero) is 1. The van der Waals surface area contributed by atoms with Crippen molar-refractivity contribution in [2.75, 3.05) is 0 Å². The Morgan fingerprint density at radius 3 is 2.59 bits per heavy atom. The molecule has 3 atom stereocenters. The minimum Gasteiger partial charge on any atom is -0.373 e. The van der Waals surface area contributed by atoms with Gasteiger partial charge in [-0.25, -0.2) is 0 Å². The zero-order chi connectivity index (χ0) is 12.7. The van der Waals surface area contributed by atoms with E-state index >= 15 is 0 Å². The predicted molar refractivity (Wildman–Crippen MR) is 68.9 cm³/mol. The molecule has 1 saturated carbocycles. The number of carbonyl (C=O) groups excluding carboxylic acids is 1. The first kappa shape index (κ1) is 13.1. The molecule has 17 heavy (non-hydrogen) atoms. The number of ether oxygens (including phenoxy) is 1. The fourth-order valence-corrected chi connectivity index (χ4v) is 3.85. The molecule has 98 valence electrons. The van der Waals surface area contributed by atoms with E-state index < -0.39 is 0 Å². The predicted octanol–water partition coefficient (Wildman–Crippen LogP) is 3.73. The summed E-state index contributed by atoms with van der Waals surface area (Å²) in [5.74, 6) is 0.392. The van der Waals surface area contributed by atoms with Crippen molar-refractivity contribution in [3.8, 4) is 0 Å². The summed E-state index contributed by atoms with van der Waals surface area (Å²) in [6.07, 6.45) is 6.91. The molecule has 0 N–H and O–H groups in total. The molecule has 2 heteroatoms. The topological polar surface area (TPSA) is 26.3 Å². The van der Waals surface area contributed by atoms with Crippen molar-refractivity contribution in [2.24, 2.45) is 10.8 Å². The Balaban J connectivity index is 2.30. The Morgan fingerprint density at radius 2 is 2.00 bits per heavy atom. The number of fused-ring (bicyclic) bond motifs is 1. The molecule has 0 aromatic carbocycles. The lowest BCUT2D eigenvalue weighted by Gasteiger charge is -2.55. The van der Waals surface area contributed by atoms with Gasteiger partial charge >= 0.3 is 0 Å². The first-order chi connectivity index (χ1) is 7.96. The summed E-state index contributed by atoms with van der Waals surface area (Å²) >= 11 is 0. The van der Waals surface area contributed by atoms with Gasteiger partial charge < -0.3 is 4.74 Å². The van der Waals surface area contributed by atoms with Crippen LogP contribution in [0.1, 0.15) is 66.2 Å². The molecule has 2 fully saturated rings. The largest absolute Gasteiger partial charge is 0.373 e. The van der Waals surface area contributed by atoms with Crippen LogP contribution < -0.4 is 0 Å². The van der Waals surface area contributed by atoms with Crippen LogP contribution in [-0.2, 0) is 9.53 Å². The Morgan fingerprint density at radius 1 is 1.29 bits per heavy atom. The van der Waals surface area contributed by atoms with Gasteiger partial charge in [-0.3, -0.25) is 4.79 Å². The smallest absolute Gasteiger partial charge is 0.141 e. The molecule has 0 bridgehead atoms. The van der Waals surface area contributed by atoms with Gasteiger partial charge in [0.25, 0.3) is 0 Å². The van der Waals surface area contributed by atoms with Crippen LogP contribution in [0.3, 0.4) is 0 Å². The summed E-state index contributed by atoms with van der Waals surface area (Å²) in [5.41, 5.74) is -0.0226. The maximum atomic E-state index is 12.1. The minimum atomic E-state index is -0.290. The molecule has 0 aromatic heterocycles. The van der Waals surface area contributed by atoms with Crippen molar-refractivity contribution in [3.05, 3.63) is 0 Å². The van der Waals surface area contributed by atoms with Crippen molar-refractivity contribution >= 4 is 5.78 Å². The summed E-state index contributed by atoms with van der Waals surface area (Å²) < 4.78 is 6.30. The van der Waals surface area contributed by atoms with E-state index in [0.29, 0.717) is 11.9 Å². The SMILES string of the molecule is CC[C@H]1CCC2(CC)CCC(=O)C(C)(C)[C@@H]2O1. The second kappa shape index (κ2) is 4.38. The third-order valence-electron chi connectivity index (χ3n) is 5.23. The van der Waals surface area contributed by atoms with E-state index in [2.05, 4.69) is 27.7 Å². The number of ketones is 1. The van der Waals surface area contributed by atoms with Crippen molar-refractivity contribution < 1.29 is 9.53 Å². The van der Waals surface area contributed by atoms with Crippen molar-refractivity contribution in [1.29, 1.82) is 0 Å². The van der Waals surface area contributed by atoms with Gasteiger partial charge in [0.05, 0.1) is 17.6 Å². The fourth-order valence-electron chi connectivity index (χ4n) is 3.85. The van der Waals surface area contributed by atoms with Crippen LogP contribution in [0, 0.1) is 10.8 Å². The molecule has 0 spiro atoms. The van der Waals surface area contributed by atoms with Crippen molar-refractivity contribution in [2.45, 2.75) is 78.4 Å². The number of hydrogen-bond donors (Lipinski definition) is 0. The van der Waals surface area contributed by atoms with Gasteiger partial charge in [-0.2, -0.15) is 0 Å². The average molecular weight is 238 g/mol. The van der Waals surface area contributed by atoms with E-state index in [-0.39, 0.29) is 16.9 Å². The van der Waals surface area contributed by atoms with Gasteiger partial charge in [0.1, 0.15) is 5.78 Å². The molecule has 0 aromatic rings. The maximum Gasteiger partial charge on any atom is 0.141 e. The zero-order valence-corrected chi connectivity index (χ0v) is 11.7. The van der Waals surface area contributed by atoms with Crippen LogP contribution >= 0.6 is 0 Å². The lowest BCUT2D eigenvalue weighted by atomic mass is 9.56. The van der Waals surface area contributed by atoms with Crippen LogP contribution in [-0.4, -0.2) is 18.0 Å². The summed E-state index contributed by atoms with van der Waals surface area (Å²) in [6, 6.07) is 0. The lowest BCUT2D eigenvalue weighted by Crippen LogP contribution is -2.57.